The average Bonchev–Trinajstić information content (AvgIpc) is 2.13. The molecule has 15 heavy (non-hydrogen) atoms. The molecule has 0 spiro atoms. The van der Waals surface area contributed by atoms with Crippen LogP contribution in [0.15, 0.2) is 12.1 Å². The Labute approximate surface area is 121 Å². The molecule has 0 radical (unpaired) electrons. The van der Waals surface area contributed by atoms with Gasteiger partial charge in [-0.3, -0.25) is 4.79 Å². The van der Waals surface area contributed by atoms with Gasteiger partial charge in [0, 0.05) is 12.0 Å². The van der Waals surface area contributed by atoms with Crippen molar-refractivity contribution in [3.8, 4) is 5.75 Å². The molecule has 5 heteroatoms. The summed E-state index contributed by atoms with van der Waals surface area (Å²) >= 11 is 11.4. The fourth-order valence-electron chi connectivity index (χ4n) is 1.10. The predicted octanol–water partition coefficient (Wildman–Crippen LogP) is 3.03. The molecule has 0 saturated carbocycles. The Hall–Kier alpha value is 0.270. The molecular weight excluding hydrogens is 246 g/mol. The third-order valence-electron chi connectivity index (χ3n) is 1.82. The summed E-state index contributed by atoms with van der Waals surface area (Å²) in [6, 6.07) is 2.86. The first kappa shape index (κ1) is 15.3. The van der Waals surface area contributed by atoms with Crippen LogP contribution < -0.4 is 0 Å². The van der Waals surface area contributed by atoms with Crippen molar-refractivity contribution in [1.82, 2.24) is 0 Å². The van der Waals surface area contributed by atoms with Crippen molar-refractivity contribution >= 4 is 58.5 Å². The van der Waals surface area contributed by atoms with Gasteiger partial charge in [-0.05, 0) is 18.6 Å². The van der Waals surface area contributed by atoms with Gasteiger partial charge in [-0.1, -0.05) is 30.1 Å². The first-order chi connectivity index (χ1) is 6.56. The van der Waals surface area contributed by atoms with E-state index in [4.69, 9.17) is 23.2 Å². The molecule has 0 saturated heterocycles. The zero-order valence-corrected chi connectivity index (χ0v) is 9.19. The monoisotopic (exact) mass is 256 g/mol. The van der Waals surface area contributed by atoms with Crippen LogP contribution in [-0.4, -0.2) is 40.4 Å². The van der Waals surface area contributed by atoms with Crippen LogP contribution in [0.2, 0.25) is 10.0 Å². The number of rotatable bonds is 3. The summed E-state index contributed by atoms with van der Waals surface area (Å²) in [6.07, 6.45) is 1.23. The van der Waals surface area contributed by atoms with Gasteiger partial charge in [0.15, 0.2) is 11.5 Å². The SMILES string of the molecule is CCCC(=O)c1cc(Cl)c(O)c(Cl)c1.[NaH]. The van der Waals surface area contributed by atoms with Crippen molar-refractivity contribution in [2.75, 3.05) is 0 Å². The molecule has 0 amide bonds. The normalized spacial score (nSPS) is 9.53. The van der Waals surface area contributed by atoms with E-state index in [1.165, 1.54) is 12.1 Å². The Morgan fingerprint density at radius 2 is 1.80 bits per heavy atom. The van der Waals surface area contributed by atoms with Gasteiger partial charge in [-0.25, -0.2) is 0 Å². The summed E-state index contributed by atoms with van der Waals surface area (Å²) in [5, 5.41) is 9.48. The number of carbonyl (C=O) groups is 1. The molecule has 0 aromatic heterocycles. The van der Waals surface area contributed by atoms with Crippen molar-refractivity contribution in [3.05, 3.63) is 27.7 Å². The molecular formula is C10H11Cl2NaO2. The van der Waals surface area contributed by atoms with E-state index in [0.717, 1.165) is 6.42 Å². The van der Waals surface area contributed by atoms with Crippen molar-refractivity contribution in [2.24, 2.45) is 0 Å². The third-order valence-corrected chi connectivity index (χ3v) is 2.39. The molecule has 0 atom stereocenters. The van der Waals surface area contributed by atoms with E-state index < -0.39 is 0 Å². The number of hydrogen-bond donors (Lipinski definition) is 1. The first-order valence-electron chi connectivity index (χ1n) is 4.27. The molecule has 1 aromatic rings. The van der Waals surface area contributed by atoms with E-state index in [9.17, 15) is 9.90 Å². The van der Waals surface area contributed by atoms with E-state index in [-0.39, 0.29) is 51.1 Å². The van der Waals surface area contributed by atoms with E-state index in [2.05, 4.69) is 0 Å². The molecule has 1 aromatic carbocycles. The minimum atomic E-state index is -0.179. The number of halogens is 2. The molecule has 78 valence electrons. The van der Waals surface area contributed by atoms with Gasteiger partial charge in [-0.15, -0.1) is 0 Å². The fourth-order valence-corrected chi connectivity index (χ4v) is 1.58. The molecule has 0 aliphatic rings. The van der Waals surface area contributed by atoms with E-state index >= 15 is 0 Å². The molecule has 0 bridgehead atoms. The Morgan fingerprint density at radius 1 is 1.33 bits per heavy atom. The van der Waals surface area contributed by atoms with Crippen molar-refractivity contribution in [3.63, 3.8) is 0 Å². The van der Waals surface area contributed by atoms with Crippen LogP contribution in [0, 0.1) is 0 Å². The number of Topliss-reactive ketones (excluding diaryl/α,β-unsaturated/α-hetero) is 1. The van der Waals surface area contributed by atoms with Gasteiger partial charge in [-0.2, -0.15) is 0 Å². The van der Waals surface area contributed by atoms with Crippen LogP contribution in [-0.2, 0) is 0 Å². The average molecular weight is 257 g/mol. The van der Waals surface area contributed by atoms with Crippen molar-refractivity contribution in [1.29, 1.82) is 0 Å². The number of phenols is 1. The van der Waals surface area contributed by atoms with Crippen molar-refractivity contribution < 1.29 is 9.90 Å². The topological polar surface area (TPSA) is 37.3 Å². The van der Waals surface area contributed by atoms with E-state index in [1.807, 2.05) is 6.92 Å². The number of phenolic OH excluding ortho intramolecular Hbond substituents is 1. The Kier molecular flexibility index (Phi) is 6.89. The minimum absolute atomic E-state index is 0. The summed E-state index contributed by atoms with van der Waals surface area (Å²) in [5.74, 6) is -0.197. The maximum absolute atomic E-state index is 11.5. The number of ketones is 1. The van der Waals surface area contributed by atoms with Crippen LogP contribution in [0.4, 0.5) is 0 Å². The van der Waals surface area contributed by atoms with E-state index in [0.29, 0.717) is 12.0 Å². The second-order valence-corrected chi connectivity index (χ2v) is 3.78. The summed E-state index contributed by atoms with van der Waals surface area (Å²) in [7, 11) is 0. The van der Waals surface area contributed by atoms with Gasteiger partial charge >= 0.3 is 29.6 Å². The van der Waals surface area contributed by atoms with Gasteiger partial charge in [0.2, 0.25) is 0 Å². The third kappa shape index (κ3) is 3.97. The maximum atomic E-state index is 11.5. The Morgan fingerprint density at radius 3 is 2.20 bits per heavy atom. The second-order valence-electron chi connectivity index (χ2n) is 2.96. The Bertz CT molecular complexity index is 343. The molecule has 0 unspecified atom stereocenters. The van der Waals surface area contributed by atoms with Gasteiger partial charge < -0.3 is 5.11 Å². The van der Waals surface area contributed by atoms with Crippen LogP contribution in [0.1, 0.15) is 30.1 Å². The fraction of sp³-hybridized carbons (Fsp3) is 0.300. The van der Waals surface area contributed by atoms with E-state index in [1.54, 1.807) is 0 Å². The standard InChI is InChI=1S/C10H10Cl2O2.Na.H/c1-2-3-9(13)6-4-7(11)10(14)8(12)5-6;;/h4-5,14H,2-3H2,1H3;;. The second kappa shape index (κ2) is 6.77. The molecule has 0 fully saturated rings. The van der Waals surface area contributed by atoms with Crippen molar-refractivity contribution in [2.45, 2.75) is 19.8 Å². The first-order valence-corrected chi connectivity index (χ1v) is 5.03. The number of aromatic hydroxyl groups is 1. The predicted molar refractivity (Wildman–Crippen MR) is 64.5 cm³/mol. The molecule has 0 heterocycles. The van der Waals surface area contributed by atoms with Gasteiger partial charge in [0.1, 0.15) is 0 Å². The molecule has 1 rings (SSSR count). The van der Waals surface area contributed by atoms with Crippen LogP contribution in [0.25, 0.3) is 0 Å². The summed E-state index contributed by atoms with van der Waals surface area (Å²) < 4.78 is 0. The van der Waals surface area contributed by atoms with Crippen LogP contribution >= 0.6 is 23.2 Å². The number of hydrogen-bond acceptors (Lipinski definition) is 2. The molecule has 0 aliphatic carbocycles. The van der Waals surface area contributed by atoms with Gasteiger partial charge in [0.05, 0.1) is 10.0 Å². The van der Waals surface area contributed by atoms with Crippen LogP contribution in [0.5, 0.6) is 5.75 Å². The Balaban J connectivity index is 0.00000196. The number of carbonyl (C=O) groups excluding carboxylic acids is 1. The quantitative estimate of drug-likeness (QED) is 0.667. The zero-order valence-electron chi connectivity index (χ0n) is 7.68. The summed E-state index contributed by atoms with van der Waals surface area (Å²) in [4.78, 5) is 11.5. The molecule has 1 N–H and O–H groups in total. The zero-order chi connectivity index (χ0) is 10.7. The number of benzene rings is 1. The summed E-state index contributed by atoms with van der Waals surface area (Å²) in [6.45, 7) is 1.92. The van der Waals surface area contributed by atoms with Crippen LogP contribution in [0.3, 0.4) is 0 Å². The molecule has 0 aliphatic heterocycles. The molecule has 2 nitrogen and oxygen atoms in total. The van der Waals surface area contributed by atoms with Gasteiger partial charge in [0.25, 0.3) is 0 Å². The summed E-state index contributed by atoms with van der Waals surface area (Å²) in [5.41, 5.74) is 0.444.